The molecule has 3 aromatic rings. The number of carbonyl (C=O) groups excluding carboxylic acids is 3. The molecular formula is C29H29Cl2IN4O6. The first-order valence-corrected chi connectivity index (χ1v) is 14.6. The van der Waals surface area contributed by atoms with E-state index in [0.717, 1.165) is 5.56 Å². The molecule has 4 N–H and O–H groups in total. The summed E-state index contributed by atoms with van der Waals surface area (Å²) in [5.41, 5.74) is 9.11. The topological polar surface area (TPSA) is 141 Å². The van der Waals surface area contributed by atoms with Crippen molar-refractivity contribution in [3.63, 3.8) is 0 Å². The Labute approximate surface area is 267 Å². The van der Waals surface area contributed by atoms with Gasteiger partial charge in [-0.1, -0.05) is 53.5 Å². The number of halogens is 3. The zero-order valence-corrected chi connectivity index (χ0v) is 26.4. The number of hydrogen-bond donors (Lipinski definition) is 3. The molecule has 0 fully saturated rings. The second-order valence-corrected chi connectivity index (χ2v) is 10.8. The minimum Gasteiger partial charge on any atom is -0.490 e. The molecule has 3 aromatic carbocycles. The highest BCUT2D eigenvalue weighted by Gasteiger charge is 2.25. The summed E-state index contributed by atoms with van der Waals surface area (Å²) in [5, 5.41) is 7.50. The monoisotopic (exact) mass is 726 g/mol. The molecule has 0 heterocycles. The van der Waals surface area contributed by atoms with Crippen molar-refractivity contribution in [3.8, 4) is 17.2 Å². The second-order valence-electron chi connectivity index (χ2n) is 8.84. The van der Waals surface area contributed by atoms with Gasteiger partial charge in [0.15, 0.2) is 24.2 Å². The molecule has 2 atom stereocenters. The fraction of sp³-hybridized carbons (Fsp3) is 0.241. The van der Waals surface area contributed by atoms with E-state index in [2.05, 4.69) is 15.8 Å². The summed E-state index contributed by atoms with van der Waals surface area (Å²) in [5.74, 6) is -0.635. The van der Waals surface area contributed by atoms with Crippen molar-refractivity contribution in [2.75, 3.05) is 13.2 Å². The van der Waals surface area contributed by atoms with Crippen LogP contribution in [0.3, 0.4) is 0 Å². The lowest BCUT2D eigenvalue weighted by molar-refractivity contribution is -0.132. The Balaban J connectivity index is 1.73. The maximum absolute atomic E-state index is 13.2. The molecule has 0 spiro atoms. The molecule has 0 saturated carbocycles. The van der Waals surface area contributed by atoms with Crippen LogP contribution in [0, 0.1) is 3.57 Å². The number of amides is 3. The van der Waals surface area contributed by atoms with Crippen LogP contribution in [0.25, 0.3) is 0 Å². The van der Waals surface area contributed by atoms with E-state index in [1.807, 2.05) is 59.8 Å². The molecule has 0 unspecified atom stereocenters. The maximum atomic E-state index is 13.2. The highest BCUT2D eigenvalue weighted by Crippen LogP contribution is 2.34. The van der Waals surface area contributed by atoms with Gasteiger partial charge in [0.25, 0.3) is 17.7 Å². The van der Waals surface area contributed by atoms with Gasteiger partial charge in [0.1, 0.15) is 11.8 Å². The molecule has 0 aliphatic carbocycles. The zero-order valence-electron chi connectivity index (χ0n) is 22.7. The van der Waals surface area contributed by atoms with E-state index >= 15 is 0 Å². The Morgan fingerprint density at radius 3 is 2.43 bits per heavy atom. The third-order valence-electron chi connectivity index (χ3n) is 5.56. The normalized spacial score (nSPS) is 12.3. The van der Waals surface area contributed by atoms with Gasteiger partial charge < -0.3 is 25.3 Å². The first-order valence-electron chi connectivity index (χ1n) is 12.7. The number of carbonyl (C=O) groups is 3. The van der Waals surface area contributed by atoms with Gasteiger partial charge >= 0.3 is 0 Å². The van der Waals surface area contributed by atoms with Gasteiger partial charge in [-0.2, -0.15) is 5.10 Å². The van der Waals surface area contributed by atoms with Gasteiger partial charge in [0, 0.05) is 11.4 Å². The van der Waals surface area contributed by atoms with Crippen molar-refractivity contribution in [3.05, 3.63) is 85.4 Å². The van der Waals surface area contributed by atoms with E-state index < -0.39 is 29.9 Å². The first-order chi connectivity index (χ1) is 20.1. The molecule has 0 aromatic heterocycles. The number of nitrogens with two attached hydrogens (primary N) is 1. The van der Waals surface area contributed by atoms with Crippen LogP contribution in [0.2, 0.25) is 10.0 Å². The standard InChI is InChI=1S/C29H29Cl2IN4O6/c1-3-40-25-13-19(11-22(32)27(25)41-16-26(33)37)15-34-36-29(39)23(12-18-7-5-4-6-8-18)35-28(38)17(2)42-24-10-9-20(30)14-21(24)31/h4-11,13-15,17,23H,3,12,16H2,1-2H3,(H2,33,37)(H,35,38)(H,36,39)/b34-15-/t17-,23-/m1/s1. The van der Waals surface area contributed by atoms with Gasteiger partial charge in [-0.05, 0) is 77.9 Å². The lowest BCUT2D eigenvalue weighted by Gasteiger charge is -2.21. The summed E-state index contributed by atoms with van der Waals surface area (Å²) >= 11 is 14.1. The molecule has 0 radical (unpaired) electrons. The van der Waals surface area contributed by atoms with Crippen LogP contribution in [0.15, 0.2) is 65.8 Å². The van der Waals surface area contributed by atoms with Crippen molar-refractivity contribution in [2.45, 2.75) is 32.4 Å². The van der Waals surface area contributed by atoms with E-state index in [4.69, 9.17) is 43.1 Å². The zero-order chi connectivity index (χ0) is 30.6. The van der Waals surface area contributed by atoms with Gasteiger partial charge in [-0.3, -0.25) is 14.4 Å². The van der Waals surface area contributed by atoms with E-state index in [0.29, 0.717) is 32.3 Å². The summed E-state index contributed by atoms with van der Waals surface area (Å²) in [6, 6.07) is 16.3. The summed E-state index contributed by atoms with van der Waals surface area (Å²) in [4.78, 5) is 37.3. The Morgan fingerprint density at radius 2 is 1.76 bits per heavy atom. The fourth-order valence-electron chi connectivity index (χ4n) is 3.62. The van der Waals surface area contributed by atoms with Crippen LogP contribution in [0.1, 0.15) is 25.0 Å². The summed E-state index contributed by atoms with van der Waals surface area (Å²) in [7, 11) is 0. The number of hydrazone groups is 1. The number of rotatable bonds is 14. The minimum absolute atomic E-state index is 0.209. The minimum atomic E-state index is -0.965. The van der Waals surface area contributed by atoms with Crippen molar-refractivity contribution in [1.82, 2.24) is 10.7 Å². The molecule has 0 bridgehead atoms. The maximum Gasteiger partial charge on any atom is 0.262 e. The molecule has 0 aliphatic rings. The summed E-state index contributed by atoms with van der Waals surface area (Å²) in [6.45, 7) is 3.41. The Bertz CT molecular complexity index is 1440. The van der Waals surface area contributed by atoms with E-state index in [1.54, 1.807) is 31.2 Å². The molecule has 10 nitrogen and oxygen atoms in total. The predicted molar refractivity (Wildman–Crippen MR) is 169 cm³/mol. The number of hydrogen-bond acceptors (Lipinski definition) is 7. The number of benzene rings is 3. The number of primary amides is 1. The Morgan fingerprint density at radius 1 is 1.02 bits per heavy atom. The van der Waals surface area contributed by atoms with Crippen LogP contribution < -0.4 is 30.7 Å². The molecule has 3 amide bonds. The molecule has 0 aliphatic heterocycles. The largest absolute Gasteiger partial charge is 0.490 e. The highest BCUT2D eigenvalue weighted by atomic mass is 127. The fourth-order valence-corrected chi connectivity index (χ4v) is 4.85. The lowest BCUT2D eigenvalue weighted by Crippen LogP contribution is -2.50. The average Bonchev–Trinajstić information content (AvgIpc) is 2.94. The third-order valence-corrected chi connectivity index (χ3v) is 6.89. The van der Waals surface area contributed by atoms with Crippen LogP contribution >= 0.6 is 45.8 Å². The molecular weight excluding hydrogens is 698 g/mol. The van der Waals surface area contributed by atoms with Crippen LogP contribution in [-0.2, 0) is 20.8 Å². The molecule has 3 rings (SSSR count). The molecule has 13 heteroatoms. The van der Waals surface area contributed by atoms with Crippen LogP contribution in [0.5, 0.6) is 17.2 Å². The molecule has 222 valence electrons. The predicted octanol–water partition coefficient (Wildman–Crippen LogP) is 4.51. The van der Waals surface area contributed by atoms with E-state index in [9.17, 15) is 14.4 Å². The third kappa shape index (κ3) is 10.1. The smallest absolute Gasteiger partial charge is 0.262 e. The van der Waals surface area contributed by atoms with Gasteiger partial charge in [0.2, 0.25) is 0 Å². The molecule has 0 saturated heterocycles. The first kappa shape index (κ1) is 33.0. The summed E-state index contributed by atoms with van der Waals surface area (Å²) in [6.07, 6.45) is 0.670. The average molecular weight is 727 g/mol. The van der Waals surface area contributed by atoms with E-state index in [-0.39, 0.29) is 23.8 Å². The molecule has 42 heavy (non-hydrogen) atoms. The Hall–Kier alpha value is -3.55. The van der Waals surface area contributed by atoms with Crippen LogP contribution in [-0.4, -0.2) is 49.3 Å². The quantitative estimate of drug-likeness (QED) is 0.127. The van der Waals surface area contributed by atoms with Gasteiger partial charge in [0.05, 0.1) is 21.4 Å². The number of nitrogens with zero attached hydrogens (tertiary/aromatic N) is 1. The SMILES string of the molecule is CCOc1cc(/C=N\NC(=O)[C@@H](Cc2ccccc2)NC(=O)[C@@H](C)Oc2ccc(Cl)cc2Cl)cc(I)c1OCC(N)=O. The summed E-state index contributed by atoms with van der Waals surface area (Å²) < 4.78 is 17.5. The van der Waals surface area contributed by atoms with Crippen LogP contribution in [0.4, 0.5) is 0 Å². The Kier molecular flexibility index (Phi) is 12.7. The van der Waals surface area contributed by atoms with Gasteiger partial charge in [-0.15, -0.1) is 0 Å². The highest BCUT2D eigenvalue weighted by molar-refractivity contribution is 14.1. The van der Waals surface area contributed by atoms with E-state index in [1.165, 1.54) is 12.3 Å². The van der Waals surface area contributed by atoms with Crippen molar-refractivity contribution < 1.29 is 28.6 Å². The van der Waals surface area contributed by atoms with Gasteiger partial charge in [-0.25, -0.2) is 5.43 Å². The van der Waals surface area contributed by atoms with Crippen molar-refractivity contribution in [2.24, 2.45) is 10.8 Å². The lowest BCUT2D eigenvalue weighted by atomic mass is 10.1. The number of nitrogens with one attached hydrogen (secondary N) is 2. The van der Waals surface area contributed by atoms with Crippen molar-refractivity contribution >= 4 is 69.7 Å². The second kappa shape index (κ2) is 16.2. The number of ether oxygens (including phenoxy) is 3. The van der Waals surface area contributed by atoms with Crippen molar-refractivity contribution in [1.29, 1.82) is 0 Å².